The molecule has 3 heteroatoms. The standard InChI is InChI=1S/CHOPS/c2-3-1-4/h2H. The van der Waals surface area contributed by atoms with Crippen LogP contribution in [0.15, 0.2) is 0 Å². The molecule has 0 atom stereocenters. The first-order valence-electron chi connectivity index (χ1n) is 0.628. The van der Waals surface area contributed by atoms with E-state index in [0.717, 1.165) is 0 Å². The monoisotopic (exact) mass is 91.9 g/mol. The molecule has 22 valence electrons. The Balaban J connectivity index is 3.11. The molecule has 0 saturated carbocycles. The van der Waals surface area contributed by atoms with Crippen LogP contribution in [0.1, 0.15) is 0 Å². The summed E-state index contributed by atoms with van der Waals surface area (Å²) in [5.41, 5.74) is 0. The van der Waals surface area contributed by atoms with Crippen molar-refractivity contribution in [1.82, 2.24) is 0 Å². The molecular weight excluding hydrogens is 91.1 g/mol. The van der Waals surface area contributed by atoms with Crippen molar-refractivity contribution in [2.24, 2.45) is 0 Å². The topological polar surface area (TPSA) is 20.2 Å². The minimum Gasteiger partial charge on any atom is -0.335 e. The molecule has 0 fully saturated rings. The maximum atomic E-state index is 7.63. The lowest BCUT2D eigenvalue weighted by molar-refractivity contribution is 0.661. The van der Waals surface area contributed by atoms with E-state index in [-0.39, 0.29) is 8.43 Å². The predicted octanol–water partition coefficient (Wildman–Crippen LogP) is 0.674. The minimum absolute atomic E-state index is 0.0633. The predicted molar refractivity (Wildman–Crippen MR) is 21.7 cm³/mol. The van der Waals surface area contributed by atoms with E-state index >= 15 is 0 Å². The fourth-order valence-corrected chi connectivity index (χ4v) is 0. The van der Waals surface area contributed by atoms with Gasteiger partial charge < -0.3 is 4.89 Å². The summed E-state index contributed by atoms with van der Waals surface area (Å²) in [5, 5.41) is 0. The summed E-state index contributed by atoms with van der Waals surface area (Å²) in [5.74, 6) is 0. The van der Waals surface area contributed by atoms with Gasteiger partial charge in [-0.05, 0) is 12.2 Å². The highest BCUT2D eigenvalue weighted by atomic mass is 32.1. The maximum absolute atomic E-state index is 7.63. The van der Waals surface area contributed by atoms with Crippen LogP contribution in [0.5, 0.6) is 0 Å². The molecule has 1 nitrogen and oxygen atoms in total. The van der Waals surface area contributed by atoms with E-state index < -0.39 is 0 Å². The van der Waals surface area contributed by atoms with Gasteiger partial charge in [-0.2, -0.15) is 0 Å². The van der Waals surface area contributed by atoms with E-state index in [2.05, 4.69) is 12.2 Å². The first kappa shape index (κ1) is 4.26. The van der Waals surface area contributed by atoms with Gasteiger partial charge >= 0.3 is 0 Å². The molecule has 0 rings (SSSR count). The molecule has 0 heterocycles. The second kappa shape index (κ2) is 3.26. The van der Waals surface area contributed by atoms with Crippen molar-refractivity contribution in [3.8, 4) is 0 Å². The lowest BCUT2D eigenvalue weighted by Gasteiger charge is -1.36. The van der Waals surface area contributed by atoms with Gasteiger partial charge in [-0.1, -0.05) is 0 Å². The maximum Gasteiger partial charge on any atom is 0.120 e. The zero-order valence-electron chi connectivity index (χ0n) is 1.80. The fraction of sp³-hybridized carbons (Fsp3) is 0. The summed E-state index contributed by atoms with van der Waals surface area (Å²) >= 11 is 4.04. The third kappa shape index (κ3) is 2.26. The summed E-state index contributed by atoms with van der Waals surface area (Å²) in [6.45, 7) is 0. The first-order valence-corrected chi connectivity index (χ1v) is 1.88. The van der Waals surface area contributed by atoms with Gasteiger partial charge in [0.15, 0.2) is 0 Å². The SMILES string of the molecule is OP=C=S. The second-order valence-electron chi connectivity index (χ2n) is 0.191. The number of hydrogen-bond acceptors (Lipinski definition) is 2. The van der Waals surface area contributed by atoms with Crippen LogP contribution in [-0.4, -0.2) is 9.64 Å². The molecular formula is CHOPS. The van der Waals surface area contributed by atoms with Crippen molar-refractivity contribution < 1.29 is 4.89 Å². The molecule has 0 aliphatic heterocycles. The zero-order chi connectivity index (χ0) is 3.41. The number of thiocarbonyl (C=S) groups is 1. The Bertz CT molecular complexity index is 46.0. The van der Waals surface area contributed by atoms with Crippen LogP contribution in [-0.2, 0) is 0 Å². The Morgan fingerprint density at radius 2 is 2.25 bits per heavy atom. The lowest BCUT2D eigenvalue weighted by Crippen LogP contribution is -1.15. The van der Waals surface area contributed by atoms with Gasteiger partial charge in [0, 0.05) is 4.74 Å². The first-order chi connectivity index (χ1) is 1.91. The molecule has 0 spiro atoms. The van der Waals surface area contributed by atoms with Crippen molar-refractivity contribution in [2.45, 2.75) is 0 Å². The Kier molecular flexibility index (Phi) is 3.47. The van der Waals surface area contributed by atoms with Crippen LogP contribution >= 0.6 is 20.6 Å². The Morgan fingerprint density at radius 3 is 2.25 bits per heavy atom. The van der Waals surface area contributed by atoms with Crippen LogP contribution in [0.4, 0.5) is 0 Å². The Hall–Kier alpha value is 0.260. The number of rotatable bonds is 0. The highest BCUT2D eigenvalue weighted by Gasteiger charge is 1.29. The van der Waals surface area contributed by atoms with Crippen LogP contribution in [0.2, 0.25) is 0 Å². The molecule has 0 bridgehead atoms. The smallest absolute Gasteiger partial charge is 0.120 e. The van der Waals surface area contributed by atoms with Crippen molar-refractivity contribution in [2.75, 3.05) is 0 Å². The molecule has 1 N–H and O–H groups in total. The molecule has 0 radical (unpaired) electrons. The minimum atomic E-state index is 0.0633. The van der Waals surface area contributed by atoms with E-state index in [4.69, 9.17) is 4.89 Å². The highest BCUT2D eigenvalue weighted by Crippen LogP contribution is 1.70. The molecule has 0 aliphatic rings. The van der Waals surface area contributed by atoms with E-state index in [0.29, 0.717) is 0 Å². The third-order valence-corrected chi connectivity index (χ3v) is 0.367. The summed E-state index contributed by atoms with van der Waals surface area (Å²) in [6.07, 6.45) is 0. The van der Waals surface area contributed by atoms with Crippen molar-refractivity contribution >= 4 is 25.4 Å². The van der Waals surface area contributed by atoms with Gasteiger partial charge in [0.25, 0.3) is 0 Å². The third-order valence-electron chi connectivity index (χ3n) is 0.0408. The summed E-state index contributed by atoms with van der Waals surface area (Å²) < 4.78 is 2.04. The summed E-state index contributed by atoms with van der Waals surface area (Å²) in [4.78, 5) is 7.63. The summed E-state index contributed by atoms with van der Waals surface area (Å²) in [7, 11) is 0.0633. The van der Waals surface area contributed by atoms with E-state index in [1.54, 1.807) is 0 Å². The molecule has 0 unspecified atom stereocenters. The van der Waals surface area contributed by atoms with Gasteiger partial charge in [0.1, 0.15) is 8.43 Å². The highest BCUT2D eigenvalue weighted by molar-refractivity contribution is 7.82. The number of hydrogen-bond donors (Lipinski definition) is 1. The molecule has 0 aliphatic carbocycles. The molecule has 0 saturated heterocycles. The van der Waals surface area contributed by atoms with Crippen LogP contribution in [0, 0.1) is 0 Å². The van der Waals surface area contributed by atoms with Gasteiger partial charge in [0.05, 0.1) is 0 Å². The molecule has 0 aromatic carbocycles. The molecule has 4 heavy (non-hydrogen) atoms. The quantitative estimate of drug-likeness (QED) is 0.350. The van der Waals surface area contributed by atoms with Gasteiger partial charge in [-0.25, -0.2) is 0 Å². The molecule has 0 aromatic rings. The molecule has 0 aromatic heterocycles. The van der Waals surface area contributed by atoms with Crippen molar-refractivity contribution in [1.29, 1.82) is 0 Å². The fourth-order valence-electron chi connectivity index (χ4n) is 0. The lowest BCUT2D eigenvalue weighted by atomic mass is 12.0. The van der Waals surface area contributed by atoms with Gasteiger partial charge in [-0.15, -0.1) is 0 Å². The Morgan fingerprint density at radius 1 is 2.00 bits per heavy atom. The van der Waals surface area contributed by atoms with Crippen LogP contribution < -0.4 is 0 Å². The Labute approximate surface area is 31.2 Å². The van der Waals surface area contributed by atoms with Gasteiger partial charge in [0.2, 0.25) is 0 Å². The average molecular weight is 92.1 g/mol. The van der Waals surface area contributed by atoms with Gasteiger partial charge in [-0.3, -0.25) is 0 Å². The normalized spacial score (nSPS) is 6.25. The van der Waals surface area contributed by atoms with Crippen LogP contribution in [0.25, 0.3) is 0 Å². The largest absolute Gasteiger partial charge is 0.335 e. The van der Waals surface area contributed by atoms with Crippen molar-refractivity contribution in [3.63, 3.8) is 0 Å². The summed E-state index contributed by atoms with van der Waals surface area (Å²) in [6, 6.07) is 0. The van der Waals surface area contributed by atoms with E-state index in [1.165, 1.54) is 0 Å². The van der Waals surface area contributed by atoms with Crippen LogP contribution in [0.3, 0.4) is 0 Å². The van der Waals surface area contributed by atoms with E-state index in [1.807, 2.05) is 4.74 Å². The average Bonchev–Trinajstić information content (AvgIpc) is 1.37. The second-order valence-corrected chi connectivity index (χ2v) is 1.12. The van der Waals surface area contributed by atoms with Crippen molar-refractivity contribution in [3.05, 3.63) is 0 Å². The van der Waals surface area contributed by atoms with E-state index in [9.17, 15) is 0 Å². The zero-order valence-corrected chi connectivity index (χ0v) is 3.51. The molecule has 0 amide bonds.